The van der Waals surface area contributed by atoms with E-state index in [0.717, 1.165) is 64.0 Å². The van der Waals surface area contributed by atoms with Crippen LogP contribution in [0.1, 0.15) is 52.9 Å². The summed E-state index contributed by atoms with van der Waals surface area (Å²) in [5.41, 5.74) is 1.22. The van der Waals surface area contributed by atoms with E-state index in [0.29, 0.717) is 23.5 Å². The van der Waals surface area contributed by atoms with Gasteiger partial charge in [0.1, 0.15) is 5.76 Å². The molecule has 1 atom stereocenters. The molecule has 1 aromatic carbocycles. The van der Waals surface area contributed by atoms with Gasteiger partial charge in [-0.3, -0.25) is 4.90 Å². The molecule has 1 saturated heterocycles. The molecule has 8 nitrogen and oxygen atoms in total. The number of sulfonamides is 1. The first kappa shape index (κ1) is 29.5. The van der Waals surface area contributed by atoms with Crippen molar-refractivity contribution in [3.05, 3.63) is 54.0 Å². The van der Waals surface area contributed by atoms with Gasteiger partial charge in [0, 0.05) is 44.3 Å². The highest BCUT2D eigenvalue weighted by molar-refractivity contribution is 7.89. The lowest BCUT2D eigenvalue weighted by molar-refractivity contribution is 0.0802. The molecule has 1 N–H and O–H groups in total. The van der Waals surface area contributed by atoms with Crippen LogP contribution in [0.15, 0.2) is 58.9 Å². The number of allylic oxidation sites excluding steroid dienone is 4. The molecule has 0 unspecified atom stereocenters. The second kappa shape index (κ2) is 13.2. The average Bonchev–Trinajstić information content (AvgIpc) is 2.92. The van der Waals surface area contributed by atoms with Crippen LogP contribution in [-0.4, -0.2) is 76.8 Å². The van der Waals surface area contributed by atoms with Gasteiger partial charge in [0.05, 0.1) is 30.9 Å². The Labute approximate surface area is 234 Å². The van der Waals surface area contributed by atoms with Crippen molar-refractivity contribution in [1.29, 1.82) is 0 Å². The first-order valence-corrected chi connectivity index (χ1v) is 15.7. The van der Waals surface area contributed by atoms with E-state index in [9.17, 15) is 8.42 Å². The van der Waals surface area contributed by atoms with Crippen LogP contribution < -0.4 is 14.2 Å². The van der Waals surface area contributed by atoms with Gasteiger partial charge in [0.25, 0.3) is 0 Å². The second-order valence-electron chi connectivity index (χ2n) is 11.1. The molecule has 1 aromatic rings. The van der Waals surface area contributed by atoms with Gasteiger partial charge in [-0.25, -0.2) is 13.1 Å². The van der Waals surface area contributed by atoms with Gasteiger partial charge in [-0.2, -0.15) is 0 Å². The van der Waals surface area contributed by atoms with Crippen molar-refractivity contribution >= 4 is 10.0 Å². The molecule has 1 saturated carbocycles. The van der Waals surface area contributed by atoms with Crippen LogP contribution in [0.2, 0.25) is 0 Å². The number of nitrogens with zero attached hydrogens (tertiary/aromatic N) is 2. The maximum absolute atomic E-state index is 13.0. The maximum Gasteiger partial charge on any atom is 0.240 e. The van der Waals surface area contributed by atoms with E-state index in [1.807, 2.05) is 0 Å². The zero-order valence-corrected chi connectivity index (χ0v) is 24.9. The van der Waals surface area contributed by atoms with Gasteiger partial charge in [0.2, 0.25) is 10.0 Å². The SMILES string of the molecule is COc1ccc(S(=O)(=O)NC2CCC(N3CCN(C4=CC[C@@H](C)C=CC=C4OC(C)C)CC3)CC2)cc1OC. The average molecular weight is 560 g/mol. The number of hydrogen-bond donors (Lipinski definition) is 1. The van der Waals surface area contributed by atoms with Crippen molar-refractivity contribution in [3.8, 4) is 11.5 Å². The zero-order chi connectivity index (χ0) is 28.0. The molecule has 216 valence electrons. The minimum Gasteiger partial charge on any atom is -0.493 e. The highest BCUT2D eigenvalue weighted by Crippen LogP contribution is 2.31. The van der Waals surface area contributed by atoms with E-state index in [4.69, 9.17) is 14.2 Å². The molecule has 0 spiro atoms. The van der Waals surface area contributed by atoms with Crippen LogP contribution in [0.4, 0.5) is 0 Å². The summed E-state index contributed by atoms with van der Waals surface area (Å²) >= 11 is 0. The summed E-state index contributed by atoms with van der Waals surface area (Å²) in [5, 5.41) is 0. The third-order valence-corrected chi connectivity index (χ3v) is 9.36. The Morgan fingerprint density at radius 2 is 1.67 bits per heavy atom. The van der Waals surface area contributed by atoms with Gasteiger partial charge in [0.15, 0.2) is 11.5 Å². The van der Waals surface area contributed by atoms with Gasteiger partial charge in [-0.1, -0.05) is 25.2 Å². The first-order chi connectivity index (χ1) is 18.7. The number of piperazine rings is 1. The number of benzene rings is 1. The Balaban J connectivity index is 1.30. The van der Waals surface area contributed by atoms with Crippen LogP contribution in [0.3, 0.4) is 0 Å². The largest absolute Gasteiger partial charge is 0.493 e. The molecular weight excluding hydrogens is 514 g/mol. The van der Waals surface area contributed by atoms with E-state index in [1.54, 1.807) is 12.1 Å². The summed E-state index contributed by atoms with van der Waals surface area (Å²) in [6, 6.07) is 5.13. The summed E-state index contributed by atoms with van der Waals surface area (Å²) in [4.78, 5) is 5.26. The molecule has 1 heterocycles. The standard InChI is InChI=1S/C30H45N3O5S/c1-22(2)38-28-8-6-7-23(3)9-15-27(28)33-19-17-32(18-20-33)25-12-10-24(11-13-25)31-39(34,35)26-14-16-29(36-4)30(21-26)37-5/h6-8,14-16,21-25,31H,9-13,17-20H2,1-5H3/t23-,24?,25?/m0/s1. The molecule has 2 aliphatic carbocycles. The summed E-state index contributed by atoms with van der Waals surface area (Å²) < 4.78 is 45.7. The van der Waals surface area contributed by atoms with Crippen molar-refractivity contribution in [2.24, 2.45) is 5.92 Å². The molecule has 0 radical (unpaired) electrons. The van der Waals surface area contributed by atoms with E-state index in [2.05, 4.69) is 59.6 Å². The van der Waals surface area contributed by atoms with Gasteiger partial charge >= 0.3 is 0 Å². The van der Waals surface area contributed by atoms with Gasteiger partial charge in [-0.15, -0.1) is 0 Å². The number of methoxy groups -OCH3 is 2. The predicted octanol–water partition coefficient (Wildman–Crippen LogP) is 4.70. The van der Waals surface area contributed by atoms with E-state index >= 15 is 0 Å². The van der Waals surface area contributed by atoms with Crippen molar-refractivity contribution in [2.45, 2.75) is 76.0 Å². The second-order valence-corrected chi connectivity index (χ2v) is 12.8. The number of rotatable bonds is 9. The molecule has 0 amide bonds. The molecule has 0 aromatic heterocycles. The highest BCUT2D eigenvalue weighted by Gasteiger charge is 2.31. The Kier molecular flexibility index (Phi) is 10.0. The lowest BCUT2D eigenvalue weighted by atomic mass is 9.90. The molecule has 39 heavy (non-hydrogen) atoms. The predicted molar refractivity (Wildman–Crippen MR) is 154 cm³/mol. The monoisotopic (exact) mass is 559 g/mol. The molecule has 2 fully saturated rings. The Morgan fingerprint density at radius 3 is 2.31 bits per heavy atom. The van der Waals surface area contributed by atoms with E-state index in [1.165, 1.54) is 26.0 Å². The molecule has 0 bridgehead atoms. The molecule has 3 aliphatic rings. The topological polar surface area (TPSA) is 80.3 Å². The van der Waals surface area contributed by atoms with Crippen LogP contribution in [0.25, 0.3) is 0 Å². The smallest absolute Gasteiger partial charge is 0.240 e. The van der Waals surface area contributed by atoms with Crippen molar-refractivity contribution in [1.82, 2.24) is 14.5 Å². The molecule has 9 heteroatoms. The lowest BCUT2D eigenvalue weighted by Gasteiger charge is -2.43. The highest BCUT2D eigenvalue weighted by atomic mass is 32.2. The van der Waals surface area contributed by atoms with Crippen molar-refractivity contribution in [2.75, 3.05) is 40.4 Å². The van der Waals surface area contributed by atoms with Crippen LogP contribution in [-0.2, 0) is 14.8 Å². The Hall–Kier alpha value is -2.49. The third kappa shape index (κ3) is 7.58. The van der Waals surface area contributed by atoms with Crippen LogP contribution >= 0.6 is 0 Å². The first-order valence-electron chi connectivity index (χ1n) is 14.2. The van der Waals surface area contributed by atoms with Crippen LogP contribution in [0.5, 0.6) is 11.5 Å². The summed E-state index contributed by atoms with van der Waals surface area (Å²) in [6.07, 6.45) is 13.6. The lowest BCUT2D eigenvalue weighted by Crippen LogP contribution is -2.52. The minimum atomic E-state index is -3.64. The zero-order valence-electron chi connectivity index (χ0n) is 24.1. The van der Waals surface area contributed by atoms with Gasteiger partial charge in [-0.05, 0) is 70.1 Å². The maximum atomic E-state index is 13.0. The molecular formula is C30H45N3O5S. The van der Waals surface area contributed by atoms with Crippen molar-refractivity contribution < 1.29 is 22.6 Å². The fourth-order valence-corrected chi connectivity index (χ4v) is 7.01. The van der Waals surface area contributed by atoms with E-state index in [-0.39, 0.29) is 17.0 Å². The number of hydrogen-bond acceptors (Lipinski definition) is 7. The fraction of sp³-hybridized carbons (Fsp3) is 0.600. The summed E-state index contributed by atoms with van der Waals surface area (Å²) in [7, 11) is -0.599. The number of nitrogens with one attached hydrogen (secondary N) is 1. The Morgan fingerprint density at radius 1 is 0.974 bits per heavy atom. The Bertz CT molecular complexity index is 1160. The summed E-state index contributed by atoms with van der Waals surface area (Å²) in [5.74, 6) is 2.39. The molecule has 1 aliphatic heterocycles. The number of ether oxygens (including phenoxy) is 3. The van der Waals surface area contributed by atoms with Crippen LogP contribution in [0, 0.1) is 5.92 Å². The normalized spacial score (nSPS) is 25.0. The quantitative estimate of drug-likeness (QED) is 0.470. The van der Waals surface area contributed by atoms with Gasteiger partial charge < -0.3 is 19.1 Å². The van der Waals surface area contributed by atoms with Crippen molar-refractivity contribution in [3.63, 3.8) is 0 Å². The van der Waals surface area contributed by atoms with E-state index < -0.39 is 10.0 Å². The summed E-state index contributed by atoms with van der Waals surface area (Å²) in [6.45, 7) is 10.3. The minimum absolute atomic E-state index is 0.0587. The fourth-order valence-electron chi connectivity index (χ4n) is 5.69. The third-order valence-electron chi connectivity index (χ3n) is 7.84. The molecule has 4 rings (SSSR count).